The van der Waals surface area contributed by atoms with Crippen molar-refractivity contribution < 1.29 is 5.11 Å². The molecule has 1 unspecified atom stereocenters. The second kappa shape index (κ2) is 3.51. The molecule has 0 spiro atoms. The molecule has 1 aromatic carbocycles. The van der Waals surface area contributed by atoms with Crippen molar-refractivity contribution in [2.45, 2.75) is 38.7 Å². The van der Waals surface area contributed by atoms with Gasteiger partial charge in [-0.1, -0.05) is 31.5 Å². The molecule has 70 valence electrons. The van der Waals surface area contributed by atoms with Crippen molar-refractivity contribution >= 4 is 0 Å². The molecule has 1 aliphatic rings. The van der Waals surface area contributed by atoms with Gasteiger partial charge in [0.15, 0.2) is 0 Å². The van der Waals surface area contributed by atoms with E-state index in [2.05, 4.69) is 25.1 Å². The number of hydrogen-bond donors (Lipinski definition) is 1. The summed E-state index contributed by atoms with van der Waals surface area (Å²) in [5.74, 6) is 0. The fraction of sp³-hybridized carbons (Fsp3) is 0.500. The first-order valence-corrected chi connectivity index (χ1v) is 5.11. The maximum Gasteiger partial charge on any atom is 0.0796 e. The van der Waals surface area contributed by atoms with Crippen molar-refractivity contribution in [1.29, 1.82) is 0 Å². The van der Waals surface area contributed by atoms with Crippen LogP contribution >= 0.6 is 0 Å². The summed E-state index contributed by atoms with van der Waals surface area (Å²) in [7, 11) is 0. The van der Waals surface area contributed by atoms with Gasteiger partial charge in [-0.05, 0) is 36.0 Å². The molecular weight excluding hydrogens is 160 g/mol. The predicted octanol–water partition coefficient (Wildman–Crippen LogP) is 2.62. The van der Waals surface area contributed by atoms with Gasteiger partial charge in [0, 0.05) is 0 Å². The molecule has 1 N–H and O–H groups in total. The first-order valence-electron chi connectivity index (χ1n) is 5.11. The monoisotopic (exact) mass is 176 g/mol. The first-order chi connectivity index (χ1) is 6.33. The van der Waals surface area contributed by atoms with Crippen LogP contribution in [0.25, 0.3) is 0 Å². The van der Waals surface area contributed by atoms with Crippen molar-refractivity contribution in [2.24, 2.45) is 0 Å². The molecular formula is C12H16O. The lowest BCUT2D eigenvalue weighted by Gasteiger charge is -2.07. The quantitative estimate of drug-likeness (QED) is 0.734. The Morgan fingerprint density at radius 1 is 1.46 bits per heavy atom. The highest BCUT2D eigenvalue weighted by atomic mass is 16.3. The largest absolute Gasteiger partial charge is 0.388 e. The fourth-order valence-corrected chi connectivity index (χ4v) is 2.21. The smallest absolute Gasteiger partial charge is 0.0796 e. The van der Waals surface area contributed by atoms with Gasteiger partial charge in [-0.15, -0.1) is 0 Å². The van der Waals surface area contributed by atoms with E-state index in [0.717, 1.165) is 19.3 Å². The van der Waals surface area contributed by atoms with Crippen LogP contribution in [0.15, 0.2) is 18.2 Å². The standard InChI is InChI=1S/C12H16O/c1-2-4-9-5-3-6-11-10(9)7-8-12(11)13/h3,5-6,12-13H,2,4,7-8H2,1H3. The zero-order valence-electron chi connectivity index (χ0n) is 8.09. The minimum atomic E-state index is -0.202. The van der Waals surface area contributed by atoms with Gasteiger partial charge in [0.1, 0.15) is 0 Å². The Morgan fingerprint density at radius 3 is 3.08 bits per heavy atom. The second-order valence-corrected chi connectivity index (χ2v) is 3.79. The molecule has 0 saturated heterocycles. The summed E-state index contributed by atoms with van der Waals surface area (Å²) < 4.78 is 0. The molecule has 2 rings (SSSR count). The Balaban J connectivity index is 2.38. The van der Waals surface area contributed by atoms with Gasteiger partial charge < -0.3 is 5.11 Å². The second-order valence-electron chi connectivity index (χ2n) is 3.79. The SMILES string of the molecule is CCCc1cccc2c1CCC2O. The minimum Gasteiger partial charge on any atom is -0.388 e. The van der Waals surface area contributed by atoms with Crippen molar-refractivity contribution in [2.75, 3.05) is 0 Å². The highest BCUT2D eigenvalue weighted by Crippen LogP contribution is 2.33. The van der Waals surface area contributed by atoms with E-state index in [1.54, 1.807) is 0 Å². The Labute approximate surface area is 79.4 Å². The van der Waals surface area contributed by atoms with Crippen molar-refractivity contribution in [3.63, 3.8) is 0 Å². The third-order valence-corrected chi connectivity index (χ3v) is 2.86. The van der Waals surface area contributed by atoms with E-state index in [9.17, 15) is 5.11 Å². The number of hydrogen-bond acceptors (Lipinski definition) is 1. The summed E-state index contributed by atoms with van der Waals surface area (Å²) in [6, 6.07) is 6.32. The number of aliphatic hydroxyl groups is 1. The van der Waals surface area contributed by atoms with E-state index >= 15 is 0 Å². The summed E-state index contributed by atoms with van der Waals surface area (Å²) in [6.45, 7) is 2.20. The van der Waals surface area contributed by atoms with Gasteiger partial charge in [0.05, 0.1) is 6.10 Å². The summed E-state index contributed by atoms with van der Waals surface area (Å²) in [6.07, 6.45) is 4.11. The van der Waals surface area contributed by atoms with Crippen LogP contribution in [0.3, 0.4) is 0 Å². The highest BCUT2D eigenvalue weighted by molar-refractivity contribution is 5.40. The molecule has 0 aliphatic heterocycles. The average Bonchev–Trinajstić information content (AvgIpc) is 2.50. The van der Waals surface area contributed by atoms with Crippen LogP contribution in [0.2, 0.25) is 0 Å². The van der Waals surface area contributed by atoms with Crippen molar-refractivity contribution in [3.05, 3.63) is 34.9 Å². The molecule has 13 heavy (non-hydrogen) atoms. The Morgan fingerprint density at radius 2 is 2.31 bits per heavy atom. The van der Waals surface area contributed by atoms with E-state index in [0.29, 0.717) is 0 Å². The molecule has 0 saturated carbocycles. The van der Waals surface area contributed by atoms with Gasteiger partial charge in [0.2, 0.25) is 0 Å². The third kappa shape index (κ3) is 1.49. The average molecular weight is 176 g/mol. The van der Waals surface area contributed by atoms with Gasteiger partial charge >= 0.3 is 0 Å². The molecule has 0 radical (unpaired) electrons. The lowest BCUT2D eigenvalue weighted by atomic mass is 10.00. The zero-order valence-corrected chi connectivity index (χ0v) is 8.09. The van der Waals surface area contributed by atoms with Crippen LogP contribution in [-0.4, -0.2) is 5.11 Å². The number of benzene rings is 1. The minimum absolute atomic E-state index is 0.202. The number of rotatable bonds is 2. The van der Waals surface area contributed by atoms with Crippen LogP contribution in [0.4, 0.5) is 0 Å². The maximum absolute atomic E-state index is 9.67. The Kier molecular flexibility index (Phi) is 2.36. The van der Waals surface area contributed by atoms with E-state index in [-0.39, 0.29) is 6.10 Å². The van der Waals surface area contributed by atoms with Crippen LogP contribution in [0, 0.1) is 0 Å². The molecule has 1 atom stereocenters. The maximum atomic E-state index is 9.67. The van der Waals surface area contributed by atoms with Gasteiger partial charge in [-0.3, -0.25) is 0 Å². The van der Waals surface area contributed by atoms with E-state index in [1.807, 2.05) is 0 Å². The van der Waals surface area contributed by atoms with Crippen LogP contribution in [-0.2, 0) is 12.8 Å². The first kappa shape index (κ1) is 8.76. The predicted molar refractivity (Wildman–Crippen MR) is 53.7 cm³/mol. The summed E-state index contributed by atoms with van der Waals surface area (Å²) in [5.41, 5.74) is 4.03. The molecule has 1 heteroatoms. The van der Waals surface area contributed by atoms with Crippen molar-refractivity contribution in [3.8, 4) is 0 Å². The number of aryl methyl sites for hydroxylation is 1. The molecule has 0 heterocycles. The zero-order chi connectivity index (χ0) is 9.26. The molecule has 1 aliphatic carbocycles. The van der Waals surface area contributed by atoms with Gasteiger partial charge in [0.25, 0.3) is 0 Å². The fourth-order valence-electron chi connectivity index (χ4n) is 2.21. The van der Waals surface area contributed by atoms with E-state index in [4.69, 9.17) is 0 Å². The van der Waals surface area contributed by atoms with E-state index in [1.165, 1.54) is 23.1 Å². The summed E-state index contributed by atoms with van der Waals surface area (Å²) in [4.78, 5) is 0. The van der Waals surface area contributed by atoms with Crippen LogP contribution in [0.1, 0.15) is 42.6 Å². The summed E-state index contributed by atoms with van der Waals surface area (Å²) >= 11 is 0. The lowest BCUT2D eigenvalue weighted by Crippen LogP contribution is -1.94. The number of fused-ring (bicyclic) bond motifs is 1. The van der Waals surface area contributed by atoms with Gasteiger partial charge in [-0.2, -0.15) is 0 Å². The number of aliphatic hydroxyl groups excluding tert-OH is 1. The topological polar surface area (TPSA) is 20.2 Å². The van der Waals surface area contributed by atoms with Crippen molar-refractivity contribution in [1.82, 2.24) is 0 Å². The molecule has 0 amide bonds. The summed E-state index contributed by atoms with van der Waals surface area (Å²) in [5, 5.41) is 9.67. The van der Waals surface area contributed by atoms with Crippen LogP contribution in [0.5, 0.6) is 0 Å². The molecule has 0 bridgehead atoms. The molecule has 1 aromatic rings. The normalized spacial score (nSPS) is 20.3. The Bertz CT molecular complexity index is 304. The lowest BCUT2D eigenvalue weighted by molar-refractivity contribution is 0.180. The third-order valence-electron chi connectivity index (χ3n) is 2.86. The van der Waals surface area contributed by atoms with Crippen LogP contribution < -0.4 is 0 Å². The molecule has 0 aromatic heterocycles. The van der Waals surface area contributed by atoms with E-state index < -0.39 is 0 Å². The molecule has 0 fully saturated rings. The van der Waals surface area contributed by atoms with Gasteiger partial charge in [-0.25, -0.2) is 0 Å². The highest BCUT2D eigenvalue weighted by Gasteiger charge is 2.21. The Hall–Kier alpha value is -0.820. The molecule has 1 nitrogen and oxygen atoms in total.